The first-order chi connectivity index (χ1) is 16.3. The lowest BCUT2D eigenvalue weighted by Crippen LogP contribution is -2.10. The summed E-state index contributed by atoms with van der Waals surface area (Å²) < 4.78 is 17.1. The minimum Gasteiger partial charge on any atom is -0.481 e. The molecule has 3 aromatic rings. The van der Waals surface area contributed by atoms with Crippen molar-refractivity contribution in [3.05, 3.63) is 59.0 Å². The zero-order chi connectivity index (χ0) is 24.1. The molecule has 1 aliphatic rings. The highest BCUT2D eigenvalue weighted by molar-refractivity contribution is 5.68. The van der Waals surface area contributed by atoms with Gasteiger partial charge in [0.25, 0.3) is 0 Å². The average molecular weight is 467 g/mol. The Labute approximate surface area is 200 Å². The van der Waals surface area contributed by atoms with Gasteiger partial charge in [0.2, 0.25) is 0 Å². The first-order valence-electron chi connectivity index (χ1n) is 12.1. The first kappa shape index (κ1) is 24.2. The second kappa shape index (κ2) is 10.6. The fraction of sp³-hybridized carbons (Fsp3) is 0.519. The summed E-state index contributed by atoms with van der Waals surface area (Å²) in [6.45, 7) is 7.56. The van der Waals surface area contributed by atoms with E-state index < -0.39 is 5.97 Å². The van der Waals surface area contributed by atoms with E-state index >= 15 is 0 Å². The van der Waals surface area contributed by atoms with E-state index in [9.17, 15) is 9.90 Å². The molecule has 4 rings (SSSR count). The molecule has 0 amide bonds. The molecule has 1 atom stereocenters. The molecule has 2 heterocycles. The average Bonchev–Trinajstić information content (AvgIpc) is 3.35. The van der Waals surface area contributed by atoms with E-state index in [1.807, 2.05) is 36.4 Å². The van der Waals surface area contributed by atoms with Crippen LogP contribution in [0.15, 0.2) is 45.4 Å². The predicted molar refractivity (Wildman–Crippen MR) is 127 cm³/mol. The number of nitrogens with zero attached hydrogens (tertiary/aromatic N) is 2. The zero-order valence-electron chi connectivity index (χ0n) is 20.3. The summed E-state index contributed by atoms with van der Waals surface area (Å²) in [7, 11) is 0. The van der Waals surface area contributed by atoms with Crippen molar-refractivity contribution in [2.45, 2.75) is 77.7 Å². The highest BCUT2D eigenvalue weighted by Crippen LogP contribution is 2.48. The van der Waals surface area contributed by atoms with Crippen molar-refractivity contribution in [3.63, 3.8) is 0 Å². The van der Waals surface area contributed by atoms with Crippen LogP contribution in [0.2, 0.25) is 0 Å². The standard InChI is InChI=1S/C27H34N2O5/c1-27(2,3)16-21-15-22(28-33-21)26-24(19-11-12-19)25(29-34-26)20(14-23(30)31)10-7-13-32-17-18-8-5-4-6-9-18/h4-6,8-9,15,19-20H,7,10-14,16-17H2,1-3H3,(H,30,31)/t20-/m0/s1. The maximum atomic E-state index is 11.6. The van der Waals surface area contributed by atoms with Gasteiger partial charge in [0.1, 0.15) is 5.76 Å². The lowest BCUT2D eigenvalue weighted by atomic mass is 9.90. The van der Waals surface area contributed by atoms with Gasteiger partial charge in [-0.1, -0.05) is 61.4 Å². The van der Waals surface area contributed by atoms with E-state index in [4.69, 9.17) is 13.8 Å². The number of hydrogen-bond donors (Lipinski definition) is 1. The van der Waals surface area contributed by atoms with Crippen molar-refractivity contribution >= 4 is 5.97 Å². The summed E-state index contributed by atoms with van der Waals surface area (Å²) >= 11 is 0. The van der Waals surface area contributed by atoms with Gasteiger partial charge in [-0.2, -0.15) is 0 Å². The van der Waals surface area contributed by atoms with Crippen LogP contribution in [0.25, 0.3) is 11.5 Å². The van der Waals surface area contributed by atoms with Gasteiger partial charge >= 0.3 is 5.97 Å². The second-order valence-electron chi connectivity index (χ2n) is 10.5. The molecule has 1 aromatic carbocycles. The van der Waals surface area contributed by atoms with Gasteiger partial charge in [-0.25, -0.2) is 0 Å². The molecule has 7 heteroatoms. The van der Waals surface area contributed by atoms with Crippen molar-refractivity contribution in [1.29, 1.82) is 0 Å². The Kier molecular flexibility index (Phi) is 7.51. The molecule has 0 aliphatic heterocycles. The number of carbonyl (C=O) groups is 1. The van der Waals surface area contributed by atoms with E-state index in [0.717, 1.165) is 48.3 Å². The van der Waals surface area contributed by atoms with E-state index in [-0.39, 0.29) is 17.8 Å². The molecular formula is C27H34N2O5. The quantitative estimate of drug-likeness (QED) is 0.310. The van der Waals surface area contributed by atoms with Gasteiger partial charge in [0.05, 0.1) is 18.7 Å². The summed E-state index contributed by atoms with van der Waals surface area (Å²) in [6.07, 6.45) is 4.29. The molecule has 1 fully saturated rings. The lowest BCUT2D eigenvalue weighted by Gasteiger charge is -2.14. The summed E-state index contributed by atoms with van der Waals surface area (Å²) in [6, 6.07) is 11.9. The van der Waals surface area contributed by atoms with Gasteiger partial charge < -0.3 is 18.9 Å². The van der Waals surface area contributed by atoms with Crippen molar-refractivity contribution < 1.29 is 23.7 Å². The van der Waals surface area contributed by atoms with Crippen molar-refractivity contribution in [2.75, 3.05) is 6.61 Å². The maximum Gasteiger partial charge on any atom is 0.304 e. The molecule has 7 nitrogen and oxygen atoms in total. The van der Waals surface area contributed by atoms with Crippen LogP contribution >= 0.6 is 0 Å². The summed E-state index contributed by atoms with van der Waals surface area (Å²) in [4.78, 5) is 11.6. The third kappa shape index (κ3) is 6.56. The Morgan fingerprint density at radius 2 is 1.94 bits per heavy atom. The molecule has 0 radical (unpaired) electrons. The monoisotopic (exact) mass is 466 g/mol. The second-order valence-corrected chi connectivity index (χ2v) is 10.5. The number of carboxylic acid groups (broad SMARTS) is 1. The summed E-state index contributed by atoms with van der Waals surface area (Å²) in [5, 5.41) is 18.2. The minimum absolute atomic E-state index is 0.0124. The maximum absolute atomic E-state index is 11.6. The molecule has 34 heavy (non-hydrogen) atoms. The Hall–Kier alpha value is -2.93. The Morgan fingerprint density at radius 1 is 1.18 bits per heavy atom. The zero-order valence-corrected chi connectivity index (χ0v) is 20.3. The SMILES string of the molecule is CC(C)(C)Cc1cc(-c2onc([C@@H](CCCOCc3ccccc3)CC(=O)O)c2C2CC2)no1. The number of ether oxygens (including phenoxy) is 1. The topological polar surface area (TPSA) is 98.6 Å². The van der Waals surface area contributed by atoms with Gasteiger partial charge in [0, 0.05) is 30.6 Å². The number of benzene rings is 1. The molecule has 1 N–H and O–H groups in total. The number of hydrogen-bond acceptors (Lipinski definition) is 6. The largest absolute Gasteiger partial charge is 0.481 e. The molecule has 0 saturated heterocycles. The third-order valence-electron chi connectivity index (χ3n) is 6.00. The Balaban J connectivity index is 1.46. The molecular weight excluding hydrogens is 432 g/mol. The Bertz CT molecular complexity index is 1080. The van der Waals surface area contributed by atoms with E-state index in [1.165, 1.54) is 0 Å². The minimum atomic E-state index is -0.838. The lowest BCUT2D eigenvalue weighted by molar-refractivity contribution is -0.137. The van der Waals surface area contributed by atoms with Gasteiger partial charge in [-0.3, -0.25) is 4.79 Å². The van der Waals surface area contributed by atoms with Crippen LogP contribution < -0.4 is 0 Å². The van der Waals surface area contributed by atoms with Crippen LogP contribution in [0.5, 0.6) is 0 Å². The van der Waals surface area contributed by atoms with Crippen molar-refractivity contribution in [2.24, 2.45) is 5.41 Å². The summed E-state index contributed by atoms with van der Waals surface area (Å²) in [5.41, 5.74) is 3.61. The Morgan fingerprint density at radius 3 is 2.62 bits per heavy atom. The number of rotatable bonds is 12. The van der Waals surface area contributed by atoms with Crippen LogP contribution in [-0.4, -0.2) is 28.0 Å². The molecule has 1 saturated carbocycles. The van der Waals surface area contributed by atoms with Crippen LogP contribution in [0.3, 0.4) is 0 Å². The fourth-order valence-electron chi connectivity index (χ4n) is 4.32. The molecule has 0 spiro atoms. The first-order valence-corrected chi connectivity index (χ1v) is 12.1. The van der Waals surface area contributed by atoms with Crippen LogP contribution in [-0.2, 0) is 22.6 Å². The van der Waals surface area contributed by atoms with Crippen molar-refractivity contribution in [3.8, 4) is 11.5 Å². The van der Waals surface area contributed by atoms with Crippen LogP contribution in [0.1, 0.15) is 87.3 Å². The number of aromatic nitrogens is 2. The van der Waals surface area contributed by atoms with E-state index in [0.29, 0.717) is 37.0 Å². The smallest absolute Gasteiger partial charge is 0.304 e. The molecule has 182 valence electrons. The number of aliphatic carboxylic acids is 1. The van der Waals surface area contributed by atoms with Crippen molar-refractivity contribution in [1.82, 2.24) is 10.3 Å². The third-order valence-corrected chi connectivity index (χ3v) is 6.00. The van der Waals surface area contributed by atoms with Gasteiger partial charge in [-0.15, -0.1) is 0 Å². The number of carboxylic acids is 1. The van der Waals surface area contributed by atoms with Gasteiger partial charge in [-0.05, 0) is 42.6 Å². The van der Waals surface area contributed by atoms with E-state index in [2.05, 4.69) is 31.1 Å². The summed E-state index contributed by atoms with van der Waals surface area (Å²) in [5.74, 6) is 0.698. The fourth-order valence-corrected chi connectivity index (χ4v) is 4.32. The highest BCUT2D eigenvalue weighted by atomic mass is 16.5. The highest BCUT2D eigenvalue weighted by Gasteiger charge is 2.37. The predicted octanol–water partition coefficient (Wildman–Crippen LogP) is 6.35. The normalized spacial score (nSPS) is 14.9. The van der Waals surface area contributed by atoms with Gasteiger partial charge in [0.15, 0.2) is 11.5 Å². The van der Waals surface area contributed by atoms with Crippen LogP contribution in [0.4, 0.5) is 0 Å². The molecule has 1 aliphatic carbocycles. The molecule has 0 unspecified atom stereocenters. The molecule has 2 aromatic heterocycles. The van der Waals surface area contributed by atoms with Crippen LogP contribution in [0, 0.1) is 5.41 Å². The molecule has 0 bridgehead atoms. The van der Waals surface area contributed by atoms with E-state index in [1.54, 1.807) is 0 Å².